The number of para-hydroxylation sites is 1. The number of nitrogens with one attached hydrogen (secondary N) is 1. The first kappa shape index (κ1) is 15.1. The van der Waals surface area contributed by atoms with Gasteiger partial charge in [0, 0.05) is 12.7 Å². The molecule has 0 saturated carbocycles. The monoisotopic (exact) mass is 308 g/mol. The number of nitrogen functional groups attached to an aromatic ring is 1. The number of anilines is 2. The summed E-state index contributed by atoms with van der Waals surface area (Å²) in [7, 11) is -2.26. The van der Waals surface area contributed by atoms with Crippen molar-refractivity contribution in [1.82, 2.24) is 0 Å². The first-order chi connectivity index (χ1) is 9.94. The highest BCUT2D eigenvalue weighted by Gasteiger charge is 2.17. The van der Waals surface area contributed by atoms with E-state index in [1.807, 2.05) is 0 Å². The highest BCUT2D eigenvalue weighted by molar-refractivity contribution is 7.92. The summed E-state index contributed by atoms with van der Waals surface area (Å²) in [5.41, 5.74) is 6.68. The molecule has 21 heavy (non-hydrogen) atoms. The molecule has 0 aliphatic carbocycles. The molecule has 6 nitrogen and oxygen atoms in total. The second kappa shape index (κ2) is 6.02. The van der Waals surface area contributed by atoms with Crippen molar-refractivity contribution in [1.29, 1.82) is 0 Å². The Bertz CT molecular complexity index is 744. The predicted molar refractivity (Wildman–Crippen MR) is 80.5 cm³/mol. The minimum absolute atomic E-state index is 0.00283. The SMILES string of the molecule is COCc1ccccc1NS(=O)(=O)c1ccc(O)c(N)c1. The van der Waals surface area contributed by atoms with Gasteiger partial charge in [0.1, 0.15) is 5.75 Å². The average molecular weight is 308 g/mol. The number of ether oxygens (including phenoxy) is 1. The van der Waals surface area contributed by atoms with Crippen LogP contribution in [0.1, 0.15) is 5.56 Å². The van der Waals surface area contributed by atoms with Gasteiger partial charge in [-0.05, 0) is 24.3 Å². The van der Waals surface area contributed by atoms with Crippen LogP contribution in [-0.2, 0) is 21.4 Å². The summed E-state index contributed by atoms with van der Waals surface area (Å²) in [6.07, 6.45) is 0. The Morgan fingerprint density at radius 1 is 1.24 bits per heavy atom. The molecule has 2 rings (SSSR count). The molecule has 0 amide bonds. The van der Waals surface area contributed by atoms with Crippen LogP contribution >= 0.6 is 0 Å². The summed E-state index contributed by atoms with van der Waals surface area (Å²) in [5.74, 6) is -0.159. The van der Waals surface area contributed by atoms with Crippen LogP contribution < -0.4 is 10.5 Å². The first-order valence-electron chi connectivity index (χ1n) is 6.12. The van der Waals surface area contributed by atoms with E-state index in [1.165, 1.54) is 25.3 Å². The maximum absolute atomic E-state index is 12.3. The van der Waals surface area contributed by atoms with Crippen molar-refractivity contribution in [3.05, 3.63) is 48.0 Å². The predicted octanol–water partition coefficient (Wildman–Crippen LogP) is 1.92. The van der Waals surface area contributed by atoms with Gasteiger partial charge in [-0.1, -0.05) is 18.2 Å². The fourth-order valence-electron chi connectivity index (χ4n) is 1.80. The highest BCUT2D eigenvalue weighted by Crippen LogP contribution is 2.25. The lowest BCUT2D eigenvalue weighted by molar-refractivity contribution is 0.185. The second-order valence-corrected chi connectivity index (χ2v) is 6.10. The van der Waals surface area contributed by atoms with E-state index < -0.39 is 10.0 Å². The lowest BCUT2D eigenvalue weighted by Gasteiger charge is -2.12. The molecule has 0 atom stereocenters. The van der Waals surface area contributed by atoms with Crippen molar-refractivity contribution in [2.45, 2.75) is 11.5 Å². The molecule has 112 valence electrons. The van der Waals surface area contributed by atoms with Crippen molar-refractivity contribution in [2.24, 2.45) is 0 Å². The quantitative estimate of drug-likeness (QED) is 0.578. The molecular weight excluding hydrogens is 292 g/mol. The molecule has 2 aromatic carbocycles. The molecule has 7 heteroatoms. The number of methoxy groups -OCH3 is 1. The van der Waals surface area contributed by atoms with Crippen LogP contribution in [0, 0.1) is 0 Å². The Kier molecular flexibility index (Phi) is 4.35. The molecule has 0 aliphatic heterocycles. The van der Waals surface area contributed by atoms with Crippen LogP contribution in [0.5, 0.6) is 5.75 Å². The number of nitrogens with two attached hydrogens (primary N) is 1. The number of phenols is 1. The Labute approximate surface area is 123 Å². The molecule has 2 aromatic rings. The minimum atomic E-state index is -3.79. The Morgan fingerprint density at radius 2 is 1.95 bits per heavy atom. The standard InChI is InChI=1S/C14H16N2O4S/c1-20-9-10-4-2-3-5-13(10)16-21(18,19)11-6-7-14(17)12(15)8-11/h2-8,16-17H,9,15H2,1H3. The Hall–Kier alpha value is -2.25. The van der Waals surface area contributed by atoms with E-state index in [1.54, 1.807) is 24.3 Å². The molecule has 4 N–H and O–H groups in total. The first-order valence-corrected chi connectivity index (χ1v) is 7.60. The van der Waals surface area contributed by atoms with Crippen LogP contribution in [0.2, 0.25) is 0 Å². The largest absolute Gasteiger partial charge is 0.506 e. The van der Waals surface area contributed by atoms with Crippen molar-refractivity contribution < 1.29 is 18.3 Å². The highest BCUT2D eigenvalue weighted by atomic mass is 32.2. The van der Waals surface area contributed by atoms with Gasteiger partial charge in [0.15, 0.2) is 0 Å². The van der Waals surface area contributed by atoms with E-state index in [4.69, 9.17) is 10.5 Å². The van der Waals surface area contributed by atoms with E-state index in [-0.39, 0.29) is 22.9 Å². The van der Waals surface area contributed by atoms with Crippen LogP contribution in [-0.4, -0.2) is 20.6 Å². The molecule has 0 heterocycles. The number of sulfonamides is 1. The summed E-state index contributed by atoms with van der Waals surface area (Å²) < 4.78 is 32.2. The molecule has 0 aliphatic rings. The van der Waals surface area contributed by atoms with Gasteiger partial charge < -0.3 is 15.6 Å². The zero-order valence-corrected chi connectivity index (χ0v) is 12.2. The third-order valence-corrected chi connectivity index (χ3v) is 4.23. The summed E-state index contributed by atoms with van der Waals surface area (Å²) in [5, 5.41) is 9.36. The zero-order valence-electron chi connectivity index (χ0n) is 11.4. The van der Waals surface area contributed by atoms with Crippen molar-refractivity contribution >= 4 is 21.4 Å². The van der Waals surface area contributed by atoms with Crippen LogP contribution in [0.3, 0.4) is 0 Å². The third kappa shape index (κ3) is 3.45. The van der Waals surface area contributed by atoms with Crippen molar-refractivity contribution in [3.63, 3.8) is 0 Å². The number of rotatable bonds is 5. The van der Waals surface area contributed by atoms with E-state index in [0.29, 0.717) is 5.69 Å². The van der Waals surface area contributed by atoms with Crippen molar-refractivity contribution in [3.8, 4) is 5.75 Å². The minimum Gasteiger partial charge on any atom is -0.506 e. The molecular formula is C14H16N2O4S. The maximum Gasteiger partial charge on any atom is 0.261 e. The molecule has 0 aromatic heterocycles. The lowest BCUT2D eigenvalue weighted by Crippen LogP contribution is -2.14. The number of hydrogen-bond acceptors (Lipinski definition) is 5. The van der Waals surface area contributed by atoms with Gasteiger partial charge in [-0.15, -0.1) is 0 Å². The topological polar surface area (TPSA) is 102 Å². The molecule has 0 radical (unpaired) electrons. The van der Waals surface area contributed by atoms with Gasteiger partial charge in [0.25, 0.3) is 10.0 Å². The number of aromatic hydroxyl groups is 1. The number of hydrogen-bond donors (Lipinski definition) is 3. The van der Waals surface area contributed by atoms with E-state index in [0.717, 1.165) is 5.56 Å². The van der Waals surface area contributed by atoms with E-state index >= 15 is 0 Å². The number of phenolic OH excluding ortho intramolecular Hbond substituents is 1. The van der Waals surface area contributed by atoms with Crippen LogP contribution in [0.4, 0.5) is 11.4 Å². The van der Waals surface area contributed by atoms with E-state index in [9.17, 15) is 13.5 Å². The molecule has 0 fully saturated rings. The fraction of sp³-hybridized carbons (Fsp3) is 0.143. The van der Waals surface area contributed by atoms with Gasteiger partial charge in [0.2, 0.25) is 0 Å². The molecule has 0 unspecified atom stereocenters. The van der Waals surface area contributed by atoms with E-state index in [2.05, 4.69) is 4.72 Å². The Morgan fingerprint density at radius 3 is 2.62 bits per heavy atom. The van der Waals surface area contributed by atoms with Crippen molar-refractivity contribution in [2.75, 3.05) is 17.6 Å². The van der Waals surface area contributed by atoms with Gasteiger partial charge in [0.05, 0.1) is 22.9 Å². The smallest absolute Gasteiger partial charge is 0.261 e. The van der Waals surface area contributed by atoms with Gasteiger partial charge in [-0.25, -0.2) is 8.42 Å². The molecule has 0 saturated heterocycles. The summed E-state index contributed by atoms with van der Waals surface area (Å²) in [6.45, 7) is 0.288. The van der Waals surface area contributed by atoms with Gasteiger partial charge >= 0.3 is 0 Å². The van der Waals surface area contributed by atoms with Crippen LogP contribution in [0.25, 0.3) is 0 Å². The van der Waals surface area contributed by atoms with Gasteiger partial charge in [-0.2, -0.15) is 0 Å². The lowest BCUT2D eigenvalue weighted by atomic mass is 10.2. The van der Waals surface area contributed by atoms with Gasteiger partial charge in [-0.3, -0.25) is 4.72 Å². The van der Waals surface area contributed by atoms with Crippen LogP contribution in [0.15, 0.2) is 47.4 Å². The maximum atomic E-state index is 12.3. The summed E-state index contributed by atoms with van der Waals surface area (Å²) in [6, 6.07) is 10.7. The summed E-state index contributed by atoms with van der Waals surface area (Å²) >= 11 is 0. The summed E-state index contributed by atoms with van der Waals surface area (Å²) in [4.78, 5) is -0.0231. The molecule has 0 spiro atoms. The third-order valence-electron chi connectivity index (χ3n) is 2.87. The number of benzene rings is 2. The fourth-order valence-corrected chi connectivity index (χ4v) is 2.94. The Balaban J connectivity index is 2.35. The second-order valence-electron chi connectivity index (χ2n) is 4.42. The normalized spacial score (nSPS) is 11.3. The molecule has 0 bridgehead atoms. The average Bonchev–Trinajstić information content (AvgIpc) is 2.44. The zero-order chi connectivity index (χ0) is 15.5.